The number of hydrogen-bond acceptors (Lipinski definition) is 4. The Morgan fingerprint density at radius 1 is 1.15 bits per heavy atom. The first-order chi connectivity index (χ1) is 12.8. The molecule has 0 saturated carbocycles. The van der Waals surface area contributed by atoms with Crippen LogP contribution in [0.5, 0.6) is 17.2 Å². The number of fused-ring (bicyclic) bond motifs is 1. The molecule has 6 nitrogen and oxygen atoms in total. The molecule has 0 radical (unpaired) electrons. The second kappa shape index (κ2) is 9.20. The third kappa shape index (κ3) is 4.95. The zero-order valence-corrected chi connectivity index (χ0v) is 15.4. The average Bonchev–Trinajstić information content (AvgIpc) is 2.90. The van der Waals surface area contributed by atoms with Gasteiger partial charge in [0.2, 0.25) is 0 Å². The maximum absolute atomic E-state index is 6.07. The van der Waals surface area contributed by atoms with E-state index in [0.29, 0.717) is 43.1 Å². The largest absolute Gasteiger partial charge is 0.490 e. The van der Waals surface area contributed by atoms with E-state index < -0.39 is 0 Å². The second-order valence-electron chi connectivity index (χ2n) is 5.61. The van der Waals surface area contributed by atoms with Gasteiger partial charge in [-0.05, 0) is 24.3 Å². The van der Waals surface area contributed by atoms with Crippen LogP contribution in [0.15, 0.2) is 47.5 Å². The first-order valence-electron chi connectivity index (χ1n) is 8.51. The lowest BCUT2D eigenvalue weighted by molar-refractivity contribution is 0.297. The molecule has 0 saturated heterocycles. The fraction of sp³-hybridized carbons (Fsp3) is 0.316. The van der Waals surface area contributed by atoms with Crippen LogP contribution in [0.1, 0.15) is 6.42 Å². The summed E-state index contributed by atoms with van der Waals surface area (Å²) in [4.78, 5) is 4.22. The van der Waals surface area contributed by atoms with Crippen LogP contribution in [0.25, 0.3) is 0 Å². The molecule has 0 aromatic heterocycles. The van der Waals surface area contributed by atoms with Gasteiger partial charge < -0.3 is 24.8 Å². The van der Waals surface area contributed by atoms with E-state index in [1.54, 1.807) is 13.1 Å². The molecule has 0 aliphatic carbocycles. The van der Waals surface area contributed by atoms with Crippen molar-refractivity contribution < 1.29 is 14.2 Å². The molecule has 2 N–H and O–H groups in total. The highest BCUT2D eigenvalue weighted by molar-refractivity contribution is 6.32. The van der Waals surface area contributed by atoms with E-state index in [9.17, 15) is 0 Å². The van der Waals surface area contributed by atoms with E-state index in [2.05, 4.69) is 15.6 Å². The van der Waals surface area contributed by atoms with Crippen molar-refractivity contribution in [3.63, 3.8) is 0 Å². The van der Waals surface area contributed by atoms with Gasteiger partial charge in [-0.3, -0.25) is 4.99 Å². The Kier molecular flexibility index (Phi) is 6.44. The number of nitrogens with zero attached hydrogens (tertiary/aromatic N) is 1. The first-order valence-corrected chi connectivity index (χ1v) is 8.89. The number of hydrogen-bond donors (Lipinski definition) is 2. The molecule has 26 heavy (non-hydrogen) atoms. The van der Waals surface area contributed by atoms with Gasteiger partial charge in [-0.15, -0.1) is 0 Å². The summed E-state index contributed by atoms with van der Waals surface area (Å²) >= 11 is 6.07. The molecule has 2 aromatic rings. The highest BCUT2D eigenvalue weighted by Crippen LogP contribution is 2.32. The van der Waals surface area contributed by atoms with E-state index in [4.69, 9.17) is 25.8 Å². The van der Waals surface area contributed by atoms with Crippen molar-refractivity contribution >= 4 is 23.2 Å². The normalized spacial score (nSPS) is 13.7. The predicted octanol–water partition coefficient (Wildman–Crippen LogP) is 3.57. The lowest BCUT2D eigenvalue weighted by atomic mass is 10.3. The summed E-state index contributed by atoms with van der Waals surface area (Å²) < 4.78 is 17.0. The Labute approximate surface area is 158 Å². The van der Waals surface area contributed by atoms with E-state index in [1.165, 1.54) is 0 Å². The lowest BCUT2D eigenvalue weighted by Gasteiger charge is -2.14. The third-order valence-corrected chi connectivity index (χ3v) is 4.03. The summed E-state index contributed by atoms with van der Waals surface area (Å²) in [6.45, 7) is 2.37. The Morgan fingerprint density at radius 3 is 2.77 bits per heavy atom. The molecule has 3 rings (SSSR count). The molecular weight excluding hydrogens is 354 g/mol. The molecule has 0 spiro atoms. The van der Waals surface area contributed by atoms with Gasteiger partial charge in [0.05, 0.1) is 24.8 Å². The van der Waals surface area contributed by atoms with Crippen molar-refractivity contribution in [2.75, 3.05) is 38.7 Å². The molecule has 1 aliphatic heterocycles. The predicted molar refractivity (Wildman–Crippen MR) is 104 cm³/mol. The van der Waals surface area contributed by atoms with Crippen molar-refractivity contribution in [2.24, 2.45) is 4.99 Å². The molecule has 0 atom stereocenters. The quantitative estimate of drug-likeness (QED) is 0.475. The van der Waals surface area contributed by atoms with Crippen LogP contribution in [-0.4, -0.2) is 39.4 Å². The maximum atomic E-state index is 6.07. The lowest BCUT2D eigenvalue weighted by Crippen LogP contribution is -2.33. The summed E-state index contributed by atoms with van der Waals surface area (Å²) in [6.07, 6.45) is 0.881. The zero-order chi connectivity index (χ0) is 18.2. The summed E-state index contributed by atoms with van der Waals surface area (Å²) in [6, 6.07) is 13.1. The fourth-order valence-electron chi connectivity index (χ4n) is 2.45. The van der Waals surface area contributed by atoms with Gasteiger partial charge in [-0.1, -0.05) is 23.7 Å². The maximum Gasteiger partial charge on any atom is 0.195 e. The molecule has 2 aromatic carbocycles. The van der Waals surface area contributed by atoms with Crippen LogP contribution >= 0.6 is 11.6 Å². The number of ether oxygens (including phenoxy) is 3. The molecule has 0 unspecified atom stereocenters. The molecule has 1 aliphatic rings. The Morgan fingerprint density at radius 2 is 1.96 bits per heavy atom. The zero-order valence-electron chi connectivity index (χ0n) is 14.6. The van der Waals surface area contributed by atoms with Gasteiger partial charge in [-0.2, -0.15) is 0 Å². The van der Waals surface area contributed by atoms with Gasteiger partial charge in [0.1, 0.15) is 12.4 Å². The molecule has 0 amide bonds. The van der Waals surface area contributed by atoms with E-state index in [-0.39, 0.29) is 0 Å². The van der Waals surface area contributed by atoms with Crippen LogP contribution in [-0.2, 0) is 0 Å². The van der Waals surface area contributed by atoms with Crippen LogP contribution in [0.3, 0.4) is 0 Å². The van der Waals surface area contributed by atoms with Crippen molar-refractivity contribution in [1.29, 1.82) is 0 Å². The molecule has 7 heteroatoms. The van der Waals surface area contributed by atoms with Gasteiger partial charge in [-0.25, -0.2) is 0 Å². The Bertz CT molecular complexity index is 767. The minimum Gasteiger partial charge on any atom is -0.490 e. The molecule has 1 heterocycles. The second-order valence-corrected chi connectivity index (χ2v) is 6.02. The van der Waals surface area contributed by atoms with Crippen molar-refractivity contribution in [1.82, 2.24) is 5.32 Å². The highest BCUT2D eigenvalue weighted by Gasteiger charge is 2.11. The molecular formula is C19H22ClN3O3. The number of nitrogens with one attached hydrogen (secondary N) is 2. The molecule has 0 bridgehead atoms. The average molecular weight is 376 g/mol. The Balaban J connectivity index is 1.50. The van der Waals surface area contributed by atoms with Gasteiger partial charge in [0.25, 0.3) is 0 Å². The Hall–Kier alpha value is -2.60. The van der Waals surface area contributed by atoms with Crippen molar-refractivity contribution in [2.45, 2.75) is 6.42 Å². The van der Waals surface area contributed by atoms with E-state index in [1.807, 2.05) is 36.4 Å². The number of guanidine groups is 1. The van der Waals surface area contributed by atoms with Crippen LogP contribution in [0.2, 0.25) is 5.02 Å². The van der Waals surface area contributed by atoms with Gasteiger partial charge >= 0.3 is 0 Å². The number of para-hydroxylation sites is 1. The molecule has 0 fully saturated rings. The van der Waals surface area contributed by atoms with Crippen LogP contribution in [0, 0.1) is 0 Å². The number of halogens is 1. The third-order valence-electron chi connectivity index (χ3n) is 3.72. The van der Waals surface area contributed by atoms with E-state index >= 15 is 0 Å². The number of aliphatic imine (C=N–C) groups is 1. The van der Waals surface area contributed by atoms with Crippen molar-refractivity contribution in [3.8, 4) is 17.2 Å². The standard InChI is InChI=1S/C19H22ClN3O3/c1-21-19(22-9-12-26-16-6-3-2-5-15(16)20)23-14-7-8-17-18(13-14)25-11-4-10-24-17/h2-3,5-8,13H,4,9-12H2,1H3,(H2,21,22,23). The summed E-state index contributed by atoms with van der Waals surface area (Å²) in [5.41, 5.74) is 0.870. The summed E-state index contributed by atoms with van der Waals surface area (Å²) in [5, 5.41) is 7.03. The van der Waals surface area contributed by atoms with Crippen LogP contribution in [0.4, 0.5) is 5.69 Å². The summed E-state index contributed by atoms with van der Waals surface area (Å²) in [7, 11) is 1.72. The number of benzene rings is 2. The van der Waals surface area contributed by atoms with Gasteiger partial charge in [0.15, 0.2) is 17.5 Å². The monoisotopic (exact) mass is 375 g/mol. The SMILES string of the molecule is CN=C(NCCOc1ccccc1Cl)Nc1ccc2c(c1)OCCCO2. The number of anilines is 1. The summed E-state index contributed by atoms with van der Waals surface area (Å²) in [5.74, 6) is 2.82. The first kappa shape index (κ1) is 18.2. The number of rotatable bonds is 5. The minimum atomic E-state index is 0.464. The van der Waals surface area contributed by atoms with Crippen molar-refractivity contribution in [3.05, 3.63) is 47.5 Å². The van der Waals surface area contributed by atoms with Gasteiger partial charge in [0, 0.05) is 25.2 Å². The fourth-order valence-corrected chi connectivity index (χ4v) is 2.64. The smallest absolute Gasteiger partial charge is 0.195 e. The topological polar surface area (TPSA) is 64.1 Å². The molecule has 138 valence electrons. The van der Waals surface area contributed by atoms with Crippen LogP contribution < -0.4 is 24.8 Å². The highest BCUT2D eigenvalue weighted by atomic mass is 35.5. The minimum absolute atomic E-state index is 0.464. The van der Waals surface area contributed by atoms with E-state index in [0.717, 1.165) is 23.6 Å².